The van der Waals surface area contributed by atoms with E-state index in [9.17, 15) is 9.18 Å². The smallest absolute Gasteiger partial charge is 0.247 e. The fourth-order valence-electron chi connectivity index (χ4n) is 1.30. The molecule has 0 saturated heterocycles. The Hall–Kier alpha value is -1.61. The predicted molar refractivity (Wildman–Crippen MR) is 57.5 cm³/mol. The molecule has 1 aromatic heterocycles. The zero-order chi connectivity index (χ0) is 10.8. The first kappa shape index (κ1) is 9.93. The maximum atomic E-state index is 13.6. The maximum Gasteiger partial charge on any atom is 0.247 e. The molecule has 0 amide bonds. The highest BCUT2D eigenvalue weighted by molar-refractivity contribution is 6.31. The summed E-state index contributed by atoms with van der Waals surface area (Å²) in [5.74, 6) is -0.480. The van der Waals surface area contributed by atoms with E-state index in [1.165, 1.54) is 18.3 Å². The summed E-state index contributed by atoms with van der Waals surface area (Å²) in [7, 11) is 0. The van der Waals surface area contributed by atoms with Crippen LogP contribution in [0.3, 0.4) is 0 Å². The molecule has 0 aliphatic heterocycles. The average Bonchev–Trinajstić information content (AvgIpc) is 2.24. The van der Waals surface area contributed by atoms with Crippen molar-refractivity contribution >= 4 is 11.6 Å². The van der Waals surface area contributed by atoms with Crippen LogP contribution in [-0.2, 0) is 0 Å². The van der Waals surface area contributed by atoms with Crippen molar-refractivity contribution < 1.29 is 4.39 Å². The van der Waals surface area contributed by atoms with E-state index in [1.807, 2.05) is 0 Å². The Balaban J connectivity index is 2.59. The summed E-state index contributed by atoms with van der Waals surface area (Å²) in [6.07, 6.45) is 1.46. The number of hydrogen-bond acceptors (Lipinski definition) is 1. The summed E-state index contributed by atoms with van der Waals surface area (Å²) in [4.78, 5) is 13.3. The lowest BCUT2D eigenvalue weighted by atomic mass is 10.1. The van der Waals surface area contributed by atoms with Crippen molar-refractivity contribution in [2.75, 3.05) is 0 Å². The Morgan fingerprint density at radius 1 is 1.20 bits per heavy atom. The van der Waals surface area contributed by atoms with Gasteiger partial charge in [-0.05, 0) is 12.1 Å². The van der Waals surface area contributed by atoms with Gasteiger partial charge in [0.05, 0.1) is 5.02 Å². The van der Waals surface area contributed by atoms with Gasteiger partial charge in [0.15, 0.2) is 0 Å². The van der Waals surface area contributed by atoms with Gasteiger partial charge in [-0.15, -0.1) is 0 Å². The van der Waals surface area contributed by atoms with E-state index in [4.69, 9.17) is 11.6 Å². The van der Waals surface area contributed by atoms with Gasteiger partial charge in [-0.1, -0.05) is 23.7 Å². The molecule has 0 fully saturated rings. The van der Waals surface area contributed by atoms with Crippen LogP contribution >= 0.6 is 11.6 Å². The minimum absolute atomic E-state index is 0.0682. The number of benzene rings is 1. The highest BCUT2D eigenvalue weighted by atomic mass is 35.5. The molecule has 4 heteroatoms. The standard InChI is InChI=1S/C11H7ClFNO/c12-9-3-1-2-8(11(9)13)7-4-5-10(15)14-6-7/h1-6H,(H,14,15). The quantitative estimate of drug-likeness (QED) is 0.792. The first-order valence-corrected chi connectivity index (χ1v) is 4.69. The highest BCUT2D eigenvalue weighted by Gasteiger charge is 2.07. The molecule has 1 heterocycles. The molecular weight excluding hydrogens is 217 g/mol. The molecule has 0 aliphatic rings. The van der Waals surface area contributed by atoms with E-state index >= 15 is 0 Å². The molecule has 1 aromatic carbocycles. The van der Waals surface area contributed by atoms with Crippen LogP contribution in [0.1, 0.15) is 0 Å². The molecule has 0 bridgehead atoms. The first-order chi connectivity index (χ1) is 7.18. The lowest BCUT2D eigenvalue weighted by Gasteiger charge is -2.03. The van der Waals surface area contributed by atoms with Crippen molar-refractivity contribution in [3.63, 3.8) is 0 Å². The van der Waals surface area contributed by atoms with Crippen molar-refractivity contribution in [2.45, 2.75) is 0 Å². The fourth-order valence-corrected chi connectivity index (χ4v) is 1.48. The monoisotopic (exact) mass is 223 g/mol. The van der Waals surface area contributed by atoms with Gasteiger partial charge in [0.2, 0.25) is 5.56 Å². The van der Waals surface area contributed by atoms with Crippen LogP contribution < -0.4 is 5.56 Å². The molecular formula is C11H7ClFNO. The number of pyridine rings is 1. The number of H-pyrrole nitrogens is 1. The Labute approximate surface area is 90.3 Å². The zero-order valence-corrected chi connectivity index (χ0v) is 8.38. The van der Waals surface area contributed by atoms with Crippen LogP contribution in [-0.4, -0.2) is 4.98 Å². The van der Waals surface area contributed by atoms with Gasteiger partial charge in [0.1, 0.15) is 5.82 Å². The second kappa shape index (κ2) is 3.87. The molecule has 0 atom stereocenters. The summed E-state index contributed by atoms with van der Waals surface area (Å²) in [5.41, 5.74) is 0.745. The second-order valence-electron chi connectivity index (χ2n) is 3.04. The Bertz CT molecular complexity index is 530. The average molecular weight is 224 g/mol. The van der Waals surface area contributed by atoms with E-state index in [2.05, 4.69) is 4.98 Å². The van der Waals surface area contributed by atoms with E-state index in [0.717, 1.165) is 0 Å². The maximum absolute atomic E-state index is 13.6. The predicted octanol–water partition coefficient (Wildman–Crippen LogP) is 2.83. The van der Waals surface area contributed by atoms with Crippen LogP contribution in [0.25, 0.3) is 11.1 Å². The summed E-state index contributed by atoms with van der Waals surface area (Å²) in [5, 5.41) is 0.0682. The molecule has 15 heavy (non-hydrogen) atoms. The van der Waals surface area contributed by atoms with E-state index in [0.29, 0.717) is 11.1 Å². The molecule has 0 saturated carbocycles. The largest absolute Gasteiger partial charge is 0.328 e. The van der Waals surface area contributed by atoms with Crippen molar-refractivity contribution in [3.8, 4) is 11.1 Å². The zero-order valence-electron chi connectivity index (χ0n) is 7.63. The van der Waals surface area contributed by atoms with Crippen LogP contribution in [0.5, 0.6) is 0 Å². The topological polar surface area (TPSA) is 32.9 Å². The van der Waals surface area contributed by atoms with Gasteiger partial charge in [-0.2, -0.15) is 0 Å². The molecule has 0 aliphatic carbocycles. The number of halogens is 2. The van der Waals surface area contributed by atoms with Gasteiger partial charge < -0.3 is 4.98 Å². The third-order valence-electron chi connectivity index (χ3n) is 2.05. The molecule has 2 rings (SSSR count). The van der Waals surface area contributed by atoms with Crippen molar-refractivity contribution in [3.05, 3.63) is 57.7 Å². The molecule has 0 spiro atoms. The second-order valence-corrected chi connectivity index (χ2v) is 3.45. The van der Waals surface area contributed by atoms with Gasteiger partial charge in [0, 0.05) is 23.4 Å². The van der Waals surface area contributed by atoms with Gasteiger partial charge in [0.25, 0.3) is 0 Å². The minimum Gasteiger partial charge on any atom is -0.328 e. The summed E-state index contributed by atoms with van der Waals surface area (Å²) >= 11 is 5.65. The van der Waals surface area contributed by atoms with Crippen LogP contribution in [0.15, 0.2) is 41.3 Å². The highest BCUT2D eigenvalue weighted by Crippen LogP contribution is 2.26. The Morgan fingerprint density at radius 3 is 2.67 bits per heavy atom. The SMILES string of the molecule is O=c1ccc(-c2cccc(Cl)c2F)c[nH]1. The number of aromatic amines is 1. The lowest BCUT2D eigenvalue weighted by molar-refractivity contribution is 0.631. The van der Waals surface area contributed by atoms with Crippen LogP contribution in [0, 0.1) is 5.82 Å². The third kappa shape index (κ3) is 1.92. The Kier molecular flexibility index (Phi) is 2.56. The van der Waals surface area contributed by atoms with Gasteiger partial charge >= 0.3 is 0 Å². The molecule has 0 unspecified atom stereocenters. The normalized spacial score (nSPS) is 10.3. The lowest BCUT2D eigenvalue weighted by Crippen LogP contribution is -2.01. The van der Waals surface area contributed by atoms with E-state index in [1.54, 1.807) is 18.2 Å². The summed E-state index contributed by atoms with van der Waals surface area (Å²) < 4.78 is 13.6. The molecule has 76 valence electrons. The van der Waals surface area contributed by atoms with Crippen molar-refractivity contribution in [1.29, 1.82) is 0 Å². The number of aromatic nitrogens is 1. The molecule has 2 nitrogen and oxygen atoms in total. The summed E-state index contributed by atoms with van der Waals surface area (Å²) in [6, 6.07) is 7.63. The van der Waals surface area contributed by atoms with E-state index < -0.39 is 5.82 Å². The Morgan fingerprint density at radius 2 is 2.00 bits per heavy atom. The van der Waals surface area contributed by atoms with E-state index in [-0.39, 0.29) is 10.6 Å². The van der Waals surface area contributed by atoms with Crippen molar-refractivity contribution in [1.82, 2.24) is 4.98 Å². The molecule has 2 aromatic rings. The first-order valence-electron chi connectivity index (χ1n) is 4.31. The third-order valence-corrected chi connectivity index (χ3v) is 2.34. The van der Waals surface area contributed by atoms with Crippen LogP contribution in [0.2, 0.25) is 5.02 Å². The molecule has 0 radical (unpaired) electrons. The molecule has 1 N–H and O–H groups in total. The van der Waals surface area contributed by atoms with Gasteiger partial charge in [-0.3, -0.25) is 4.79 Å². The number of hydrogen-bond donors (Lipinski definition) is 1. The van der Waals surface area contributed by atoms with Crippen molar-refractivity contribution in [2.24, 2.45) is 0 Å². The number of nitrogens with one attached hydrogen (secondary N) is 1. The number of rotatable bonds is 1. The van der Waals surface area contributed by atoms with Crippen LogP contribution in [0.4, 0.5) is 4.39 Å². The minimum atomic E-state index is -0.480. The van der Waals surface area contributed by atoms with Gasteiger partial charge in [-0.25, -0.2) is 4.39 Å². The summed E-state index contributed by atoms with van der Waals surface area (Å²) in [6.45, 7) is 0. The fraction of sp³-hybridized carbons (Fsp3) is 0.